The van der Waals surface area contributed by atoms with E-state index < -0.39 is 0 Å². The quantitative estimate of drug-likeness (QED) is 0.607. The molecule has 0 saturated carbocycles. The molecule has 0 aromatic carbocycles. The lowest BCUT2D eigenvalue weighted by molar-refractivity contribution is 0.0465. The summed E-state index contributed by atoms with van der Waals surface area (Å²) in [6.45, 7) is 6.40. The molecule has 3 N–H and O–H groups in total. The second kappa shape index (κ2) is 4.57. The van der Waals surface area contributed by atoms with Crippen LogP contribution in [0, 0.1) is 11.8 Å². The molecule has 1 saturated heterocycles. The lowest BCUT2D eigenvalue weighted by atomic mass is 9.83. The molecule has 0 amide bonds. The Kier molecular flexibility index (Phi) is 3.33. The fourth-order valence-electron chi connectivity index (χ4n) is 2.72. The second-order valence-corrected chi connectivity index (χ2v) is 4.64. The molecular weight excluding hydrogens is 204 g/mol. The maximum atomic E-state index is 5.83. The zero-order valence-corrected chi connectivity index (χ0v) is 10.0. The SMILES string of the molecule is CC1OC(C)C(C(NN)c2ccco2)C1C. The van der Waals surface area contributed by atoms with Crippen molar-refractivity contribution >= 4 is 0 Å². The van der Waals surface area contributed by atoms with Gasteiger partial charge in [0.2, 0.25) is 0 Å². The molecule has 0 radical (unpaired) electrons. The van der Waals surface area contributed by atoms with E-state index in [4.69, 9.17) is 15.0 Å². The Balaban J connectivity index is 2.21. The van der Waals surface area contributed by atoms with E-state index in [2.05, 4.69) is 26.2 Å². The summed E-state index contributed by atoms with van der Waals surface area (Å²) in [6.07, 6.45) is 2.13. The zero-order chi connectivity index (χ0) is 11.7. The van der Waals surface area contributed by atoms with Crippen LogP contribution in [-0.4, -0.2) is 12.2 Å². The van der Waals surface area contributed by atoms with Gasteiger partial charge in [-0.05, 0) is 31.9 Å². The van der Waals surface area contributed by atoms with E-state index in [1.54, 1.807) is 6.26 Å². The van der Waals surface area contributed by atoms with Crippen molar-refractivity contribution in [2.45, 2.75) is 39.0 Å². The highest BCUT2D eigenvalue weighted by atomic mass is 16.5. The van der Waals surface area contributed by atoms with Gasteiger partial charge in [-0.1, -0.05) is 6.92 Å². The first-order valence-electron chi connectivity index (χ1n) is 5.80. The van der Waals surface area contributed by atoms with Crippen LogP contribution in [0.4, 0.5) is 0 Å². The molecule has 90 valence electrons. The molecule has 2 heterocycles. The third-order valence-electron chi connectivity index (χ3n) is 3.73. The fraction of sp³-hybridized carbons (Fsp3) is 0.667. The van der Waals surface area contributed by atoms with Crippen molar-refractivity contribution in [1.29, 1.82) is 0 Å². The maximum Gasteiger partial charge on any atom is 0.122 e. The van der Waals surface area contributed by atoms with Gasteiger partial charge < -0.3 is 9.15 Å². The summed E-state index contributed by atoms with van der Waals surface area (Å²) in [7, 11) is 0. The van der Waals surface area contributed by atoms with Gasteiger partial charge in [0, 0.05) is 5.92 Å². The Labute approximate surface area is 96.1 Å². The van der Waals surface area contributed by atoms with Gasteiger partial charge in [0.1, 0.15) is 5.76 Å². The van der Waals surface area contributed by atoms with Crippen LogP contribution < -0.4 is 11.3 Å². The Bertz CT molecular complexity index is 326. The van der Waals surface area contributed by atoms with Crippen molar-refractivity contribution in [3.63, 3.8) is 0 Å². The summed E-state index contributed by atoms with van der Waals surface area (Å²) < 4.78 is 11.3. The molecule has 1 aromatic heterocycles. The minimum absolute atomic E-state index is 0.0185. The number of nitrogens with one attached hydrogen (secondary N) is 1. The molecule has 0 bridgehead atoms. The van der Waals surface area contributed by atoms with Crippen LogP contribution in [0.2, 0.25) is 0 Å². The fourth-order valence-corrected chi connectivity index (χ4v) is 2.72. The van der Waals surface area contributed by atoms with Crippen LogP contribution >= 0.6 is 0 Å². The van der Waals surface area contributed by atoms with Crippen LogP contribution in [0.15, 0.2) is 22.8 Å². The lowest BCUT2D eigenvalue weighted by Gasteiger charge is -2.26. The van der Waals surface area contributed by atoms with Gasteiger partial charge in [0.15, 0.2) is 0 Å². The second-order valence-electron chi connectivity index (χ2n) is 4.64. The van der Waals surface area contributed by atoms with Crippen molar-refractivity contribution in [2.24, 2.45) is 17.7 Å². The number of hydrazine groups is 1. The smallest absolute Gasteiger partial charge is 0.122 e. The predicted octanol–water partition coefficient (Wildman–Crippen LogP) is 1.84. The average Bonchev–Trinajstić information content (AvgIpc) is 2.84. The van der Waals surface area contributed by atoms with Crippen LogP contribution in [-0.2, 0) is 4.74 Å². The maximum absolute atomic E-state index is 5.83. The highest BCUT2D eigenvalue weighted by Crippen LogP contribution is 2.40. The topological polar surface area (TPSA) is 60.4 Å². The van der Waals surface area contributed by atoms with E-state index in [-0.39, 0.29) is 18.2 Å². The van der Waals surface area contributed by atoms with Gasteiger partial charge in [0.25, 0.3) is 0 Å². The first kappa shape index (κ1) is 11.6. The third-order valence-corrected chi connectivity index (χ3v) is 3.73. The molecule has 1 fully saturated rings. The number of ether oxygens (including phenoxy) is 1. The number of hydrogen-bond donors (Lipinski definition) is 2. The van der Waals surface area contributed by atoms with Crippen molar-refractivity contribution in [3.8, 4) is 0 Å². The molecule has 0 spiro atoms. The molecule has 16 heavy (non-hydrogen) atoms. The molecule has 1 aromatic rings. The predicted molar refractivity (Wildman–Crippen MR) is 61.4 cm³/mol. The van der Waals surface area contributed by atoms with Gasteiger partial charge in [0.05, 0.1) is 24.5 Å². The van der Waals surface area contributed by atoms with Gasteiger partial charge >= 0.3 is 0 Å². The lowest BCUT2D eigenvalue weighted by Crippen LogP contribution is -2.38. The van der Waals surface area contributed by atoms with Gasteiger partial charge in [-0.25, -0.2) is 5.43 Å². The highest BCUT2D eigenvalue weighted by Gasteiger charge is 2.42. The van der Waals surface area contributed by atoms with Crippen molar-refractivity contribution in [2.75, 3.05) is 0 Å². The summed E-state index contributed by atoms with van der Waals surface area (Å²) >= 11 is 0. The number of nitrogens with two attached hydrogens (primary N) is 1. The Morgan fingerprint density at radius 2 is 2.06 bits per heavy atom. The van der Waals surface area contributed by atoms with E-state index in [1.807, 2.05) is 12.1 Å². The Hall–Kier alpha value is -0.840. The number of hydrogen-bond acceptors (Lipinski definition) is 4. The minimum Gasteiger partial charge on any atom is -0.468 e. The molecule has 4 nitrogen and oxygen atoms in total. The van der Waals surface area contributed by atoms with Crippen LogP contribution in [0.5, 0.6) is 0 Å². The van der Waals surface area contributed by atoms with Gasteiger partial charge in [-0.3, -0.25) is 5.84 Å². The normalized spacial score (nSPS) is 36.5. The molecule has 5 atom stereocenters. The first-order chi connectivity index (χ1) is 7.65. The van der Waals surface area contributed by atoms with Gasteiger partial charge in [-0.15, -0.1) is 0 Å². The third kappa shape index (κ3) is 1.88. The minimum atomic E-state index is 0.0185. The van der Waals surface area contributed by atoms with E-state index in [0.717, 1.165) is 5.76 Å². The molecule has 2 rings (SSSR count). The summed E-state index contributed by atoms with van der Waals surface area (Å²) in [4.78, 5) is 0. The molecule has 5 unspecified atom stereocenters. The summed E-state index contributed by atoms with van der Waals surface area (Å²) in [5.74, 6) is 7.33. The standard InChI is InChI=1S/C12H20N2O2/c1-7-8(2)16-9(3)11(7)12(14-13)10-5-4-6-15-10/h4-9,11-12,14H,13H2,1-3H3. The van der Waals surface area contributed by atoms with Crippen molar-refractivity contribution in [1.82, 2.24) is 5.43 Å². The number of furan rings is 1. The molecular formula is C12H20N2O2. The highest BCUT2D eigenvalue weighted by molar-refractivity contribution is 5.08. The summed E-state index contributed by atoms with van der Waals surface area (Å²) in [5.41, 5.74) is 2.85. The van der Waals surface area contributed by atoms with E-state index >= 15 is 0 Å². The van der Waals surface area contributed by atoms with Crippen molar-refractivity contribution < 1.29 is 9.15 Å². The summed E-state index contributed by atoms with van der Waals surface area (Å²) in [6, 6.07) is 3.85. The largest absolute Gasteiger partial charge is 0.468 e. The molecule has 4 heteroatoms. The molecule has 0 aliphatic carbocycles. The monoisotopic (exact) mass is 224 g/mol. The Morgan fingerprint density at radius 1 is 1.31 bits per heavy atom. The van der Waals surface area contributed by atoms with E-state index in [9.17, 15) is 0 Å². The first-order valence-corrected chi connectivity index (χ1v) is 5.80. The van der Waals surface area contributed by atoms with Crippen LogP contribution in [0.3, 0.4) is 0 Å². The van der Waals surface area contributed by atoms with Crippen LogP contribution in [0.1, 0.15) is 32.6 Å². The zero-order valence-electron chi connectivity index (χ0n) is 10.0. The van der Waals surface area contributed by atoms with E-state index in [1.165, 1.54) is 0 Å². The number of rotatable bonds is 3. The van der Waals surface area contributed by atoms with Gasteiger partial charge in [-0.2, -0.15) is 0 Å². The molecule has 1 aliphatic heterocycles. The van der Waals surface area contributed by atoms with Crippen molar-refractivity contribution in [3.05, 3.63) is 24.2 Å². The Morgan fingerprint density at radius 3 is 2.50 bits per heavy atom. The molecule has 1 aliphatic rings. The average molecular weight is 224 g/mol. The van der Waals surface area contributed by atoms with E-state index in [0.29, 0.717) is 11.8 Å². The summed E-state index contributed by atoms with van der Waals surface area (Å²) in [5, 5.41) is 0. The van der Waals surface area contributed by atoms with Crippen LogP contribution in [0.25, 0.3) is 0 Å².